The van der Waals surface area contributed by atoms with Crippen molar-refractivity contribution in [1.29, 1.82) is 0 Å². The van der Waals surface area contributed by atoms with Crippen LogP contribution in [0.15, 0.2) is 47.4 Å². The summed E-state index contributed by atoms with van der Waals surface area (Å²) < 4.78 is 5.28. The number of para-hydroxylation sites is 1. The van der Waals surface area contributed by atoms with Gasteiger partial charge < -0.3 is 9.64 Å². The number of anilines is 1. The first-order chi connectivity index (χ1) is 12.5. The number of hydrogen-bond donors (Lipinski definition) is 0. The number of hydrogen-bond acceptors (Lipinski definition) is 4. The van der Waals surface area contributed by atoms with Crippen LogP contribution in [0.5, 0.6) is 0 Å². The third-order valence-electron chi connectivity index (χ3n) is 4.61. The van der Waals surface area contributed by atoms with Crippen molar-refractivity contribution in [3.05, 3.63) is 59.2 Å². The zero-order valence-corrected chi connectivity index (χ0v) is 16.1. The molecule has 0 aliphatic carbocycles. The summed E-state index contributed by atoms with van der Waals surface area (Å²) >= 11 is 1.78. The maximum Gasteiger partial charge on any atom is 0.338 e. The van der Waals surface area contributed by atoms with E-state index in [0.717, 1.165) is 28.1 Å². The minimum atomic E-state index is -0.465. The van der Waals surface area contributed by atoms with Crippen LogP contribution in [0.3, 0.4) is 0 Å². The van der Waals surface area contributed by atoms with E-state index in [2.05, 4.69) is 6.92 Å². The van der Waals surface area contributed by atoms with Crippen LogP contribution in [0, 0.1) is 13.8 Å². The van der Waals surface area contributed by atoms with E-state index in [9.17, 15) is 9.59 Å². The van der Waals surface area contributed by atoms with Gasteiger partial charge in [-0.25, -0.2) is 4.79 Å². The zero-order chi connectivity index (χ0) is 18.7. The lowest BCUT2D eigenvalue weighted by atomic mass is 10.1. The number of nitrogens with zero attached hydrogens (tertiary/aromatic N) is 1. The Bertz CT molecular complexity index is 834. The predicted molar refractivity (Wildman–Crippen MR) is 105 cm³/mol. The van der Waals surface area contributed by atoms with Gasteiger partial charge in [-0.05, 0) is 55.7 Å². The van der Waals surface area contributed by atoms with E-state index in [4.69, 9.17) is 4.74 Å². The second-order valence-corrected chi connectivity index (χ2v) is 8.09. The van der Waals surface area contributed by atoms with Crippen LogP contribution in [0.4, 0.5) is 5.69 Å². The molecule has 1 heterocycles. The molecule has 0 fully saturated rings. The first-order valence-corrected chi connectivity index (χ1v) is 9.64. The highest BCUT2D eigenvalue weighted by atomic mass is 32.2. The van der Waals surface area contributed by atoms with E-state index >= 15 is 0 Å². The van der Waals surface area contributed by atoms with Gasteiger partial charge in [0.2, 0.25) is 0 Å². The van der Waals surface area contributed by atoms with Crippen molar-refractivity contribution in [2.75, 3.05) is 18.1 Å². The van der Waals surface area contributed by atoms with Crippen molar-refractivity contribution in [1.82, 2.24) is 0 Å². The molecule has 1 aliphatic rings. The van der Waals surface area contributed by atoms with Gasteiger partial charge >= 0.3 is 5.97 Å². The molecule has 5 heteroatoms. The van der Waals surface area contributed by atoms with Crippen LogP contribution in [-0.4, -0.2) is 30.3 Å². The second kappa shape index (κ2) is 7.96. The lowest BCUT2D eigenvalue weighted by Crippen LogP contribution is -2.35. The lowest BCUT2D eigenvalue weighted by Gasteiger charge is -2.22. The minimum absolute atomic E-state index is 0.190. The highest BCUT2D eigenvalue weighted by Gasteiger charge is 2.25. The average molecular weight is 369 g/mol. The smallest absolute Gasteiger partial charge is 0.338 e. The fraction of sp³-hybridized carbons (Fsp3) is 0.333. The van der Waals surface area contributed by atoms with E-state index in [1.807, 2.05) is 44.2 Å². The fourth-order valence-electron chi connectivity index (χ4n) is 2.90. The van der Waals surface area contributed by atoms with Crippen LogP contribution in [0.1, 0.15) is 34.8 Å². The molecule has 0 bridgehead atoms. The maximum atomic E-state index is 12.7. The number of amides is 1. The summed E-state index contributed by atoms with van der Waals surface area (Å²) in [5.41, 5.74) is 3.51. The number of benzene rings is 2. The second-order valence-electron chi connectivity index (χ2n) is 6.61. The van der Waals surface area contributed by atoms with Crippen molar-refractivity contribution >= 4 is 29.3 Å². The highest BCUT2D eigenvalue weighted by molar-refractivity contribution is 8.00. The molecule has 1 aliphatic heterocycles. The van der Waals surface area contributed by atoms with Gasteiger partial charge in [-0.1, -0.05) is 25.1 Å². The van der Waals surface area contributed by atoms with Gasteiger partial charge in [0.05, 0.1) is 11.3 Å². The van der Waals surface area contributed by atoms with E-state index in [-0.39, 0.29) is 12.5 Å². The molecule has 3 rings (SSSR count). The van der Waals surface area contributed by atoms with Crippen molar-refractivity contribution < 1.29 is 14.3 Å². The number of fused-ring (bicyclic) bond motifs is 1. The van der Waals surface area contributed by atoms with Gasteiger partial charge in [-0.3, -0.25) is 4.79 Å². The molecule has 0 N–H and O–H groups in total. The number of rotatable bonds is 3. The largest absolute Gasteiger partial charge is 0.452 e. The molecule has 1 atom stereocenters. The van der Waals surface area contributed by atoms with Gasteiger partial charge in [0.25, 0.3) is 5.91 Å². The van der Waals surface area contributed by atoms with Crippen molar-refractivity contribution in [3.8, 4) is 0 Å². The molecule has 0 aromatic heterocycles. The summed E-state index contributed by atoms with van der Waals surface area (Å²) in [5, 5.41) is 0.437. The van der Waals surface area contributed by atoms with Gasteiger partial charge in [-0.15, -0.1) is 11.8 Å². The SMILES string of the molecule is Cc1ccc(C(=O)OCC(=O)N2CC[C@@H](C)Sc3ccccc32)cc1C. The topological polar surface area (TPSA) is 46.6 Å². The standard InChI is InChI=1S/C21H23NO3S/c1-14-8-9-17(12-15(14)2)21(24)25-13-20(23)22-11-10-16(3)26-19-7-5-4-6-18(19)22/h4-9,12,16H,10-11,13H2,1-3H3/t16-/m1/s1. The molecular weight excluding hydrogens is 346 g/mol. The van der Waals surface area contributed by atoms with Gasteiger partial charge in [0.1, 0.15) is 0 Å². The lowest BCUT2D eigenvalue weighted by molar-refractivity contribution is -0.121. The molecule has 26 heavy (non-hydrogen) atoms. The molecule has 4 nitrogen and oxygen atoms in total. The Morgan fingerprint density at radius 2 is 1.92 bits per heavy atom. The molecule has 136 valence electrons. The van der Waals surface area contributed by atoms with Crippen LogP contribution < -0.4 is 4.90 Å². The van der Waals surface area contributed by atoms with Crippen LogP contribution >= 0.6 is 11.8 Å². The molecule has 0 unspecified atom stereocenters. The average Bonchev–Trinajstić information content (AvgIpc) is 2.80. The molecule has 0 spiro atoms. The number of thioether (sulfide) groups is 1. The predicted octanol–water partition coefficient (Wildman–Crippen LogP) is 4.38. The Hall–Kier alpha value is -2.27. The number of carbonyl (C=O) groups excluding carboxylic acids is 2. The Balaban J connectivity index is 1.70. The van der Waals surface area contributed by atoms with Crippen molar-refractivity contribution in [2.45, 2.75) is 37.3 Å². The Morgan fingerprint density at radius 3 is 2.69 bits per heavy atom. The van der Waals surface area contributed by atoms with E-state index in [1.165, 1.54) is 0 Å². The maximum absolute atomic E-state index is 12.7. The number of ether oxygens (including phenoxy) is 1. The molecule has 0 saturated heterocycles. The third-order valence-corrected chi connectivity index (χ3v) is 5.85. The number of esters is 1. The van der Waals surface area contributed by atoms with E-state index in [0.29, 0.717) is 17.4 Å². The molecule has 0 radical (unpaired) electrons. The third kappa shape index (κ3) is 4.10. The summed E-state index contributed by atoms with van der Waals surface area (Å²) in [7, 11) is 0. The quantitative estimate of drug-likeness (QED) is 0.754. The van der Waals surface area contributed by atoms with Crippen molar-refractivity contribution in [2.24, 2.45) is 0 Å². The van der Waals surface area contributed by atoms with E-state index in [1.54, 1.807) is 28.8 Å². The number of carbonyl (C=O) groups is 2. The summed E-state index contributed by atoms with van der Waals surface area (Å²) in [6.45, 7) is 6.48. The Kier molecular flexibility index (Phi) is 5.67. The Labute approximate surface area is 158 Å². The van der Waals surface area contributed by atoms with Gasteiger partial charge in [0.15, 0.2) is 6.61 Å². The van der Waals surface area contributed by atoms with Gasteiger partial charge in [-0.2, -0.15) is 0 Å². The fourth-order valence-corrected chi connectivity index (χ4v) is 4.02. The van der Waals surface area contributed by atoms with Crippen LogP contribution in [-0.2, 0) is 9.53 Å². The molecule has 0 saturated carbocycles. The highest BCUT2D eigenvalue weighted by Crippen LogP contribution is 2.37. The normalized spacial score (nSPS) is 16.6. The van der Waals surface area contributed by atoms with Crippen molar-refractivity contribution in [3.63, 3.8) is 0 Å². The van der Waals surface area contributed by atoms with Gasteiger partial charge in [0, 0.05) is 16.7 Å². The number of aryl methyl sites for hydroxylation is 2. The molecule has 2 aromatic carbocycles. The summed E-state index contributed by atoms with van der Waals surface area (Å²) in [5.74, 6) is -0.656. The molecule has 2 aromatic rings. The van der Waals surface area contributed by atoms with Crippen LogP contribution in [0.2, 0.25) is 0 Å². The Morgan fingerprint density at radius 1 is 1.15 bits per heavy atom. The first kappa shape index (κ1) is 18.5. The summed E-state index contributed by atoms with van der Waals surface area (Å²) in [4.78, 5) is 27.8. The summed E-state index contributed by atoms with van der Waals surface area (Å²) in [6.07, 6.45) is 0.899. The van der Waals surface area contributed by atoms with E-state index < -0.39 is 5.97 Å². The zero-order valence-electron chi connectivity index (χ0n) is 15.3. The molecule has 1 amide bonds. The first-order valence-electron chi connectivity index (χ1n) is 8.76. The van der Waals surface area contributed by atoms with Crippen LogP contribution in [0.25, 0.3) is 0 Å². The summed E-state index contributed by atoms with van der Waals surface area (Å²) in [6, 6.07) is 13.3. The molecular formula is C21H23NO3S. The monoisotopic (exact) mass is 369 g/mol. The minimum Gasteiger partial charge on any atom is -0.452 e.